The highest BCUT2D eigenvalue weighted by Crippen LogP contribution is 2.28. The highest BCUT2D eigenvalue weighted by atomic mass is 35.5. The highest BCUT2D eigenvalue weighted by molar-refractivity contribution is 6.32. The number of benzene rings is 1. The summed E-state index contributed by atoms with van der Waals surface area (Å²) >= 11 is 5.68. The lowest BCUT2D eigenvalue weighted by molar-refractivity contribution is -0.384. The van der Waals surface area contributed by atoms with Crippen LogP contribution in [-0.4, -0.2) is 16.6 Å². The molecular formula is C10H13ClN2O3. The fraction of sp³-hybridized carbons (Fsp3) is 0.400. The summed E-state index contributed by atoms with van der Waals surface area (Å²) in [6, 6.07) is 4.19. The quantitative estimate of drug-likeness (QED) is 0.613. The summed E-state index contributed by atoms with van der Waals surface area (Å²) in [5.41, 5.74) is 6.34. The molecule has 0 saturated carbocycles. The van der Waals surface area contributed by atoms with E-state index in [9.17, 15) is 10.1 Å². The van der Waals surface area contributed by atoms with Gasteiger partial charge in [0.15, 0.2) is 0 Å². The Morgan fingerprint density at radius 1 is 1.56 bits per heavy atom. The molecule has 0 aliphatic heterocycles. The van der Waals surface area contributed by atoms with Crippen molar-refractivity contribution in [3.05, 3.63) is 38.9 Å². The third kappa shape index (κ3) is 3.16. The molecule has 88 valence electrons. The van der Waals surface area contributed by atoms with Crippen LogP contribution in [0.3, 0.4) is 0 Å². The van der Waals surface area contributed by atoms with Crippen LogP contribution in [0.15, 0.2) is 18.2 Å². The number of nitro benzene ring substituents is 1. The first-order valence-electron chi connectivity index (χ1n) is 4.86. The topological polar surface area (TPSA) is 89.4 Å². The lowest BCUT2D eigenvalue weighted by Crippen LogP contribution is -2.11. The Hall–Kier alpha value is -1.17. The predicted octanol–water partition coefficient (Wildman–Crippen LogP) is 2.02. The number of nitro groups is 1. The van der Waals surface area contributed by atoms with Gasteiger partial charge in [0.05, 0.1) is 4.92 Å². The minimum absolute atomic E-state index is 0.0589. The minimum Gasteiger partial charge on any atom is -0.396 e. The van der Waals surface area contributed by atoms with Crippen molar-refractivity contribution in [2.24, 2.45) is 5.73 Å². The summed E-state index contributed by atoms with van der Waals surface area (Å²) < 4.78 is 0. The Morgan fingerprint density at radius 2 is 2.25 bits per heavy atom. The van der Waals surface area contributed by atoms with E-state index in [0.717, 1.165) is 0 Å². The smallest absolute Gasteiger partial charge is 0.288 e. The zero-order chi connectivity index (χ0) is 12.1. The number of nitrogens with zero attached hydrogens (tertiary/aromatic N) is 1. The summed E-state index contributed by atoms with van der Waals surface area (Å²) in [6.45, 7) is 0.0589. The van der Waals surface area contributed by atoms with Crippen LogP contribution >= 0.6 is 11.6 Å². The van der Waals surface area contributed by atoms with E-state index in [4.69, 9.17) is 22.4 Å². The standard InChI is InChI=1S/C10H13ClN2O3/c11-8-4-3-7(6-10(8)13(15)16)9(12)2-1-5-14/h3-4,6,9,14H,1-2,5,12H2/t9-/m1/s1. The molecule has 0 bridgehead atoms. The summed E-state index contributed by atoms with van der Waals surface area (Å²) in [7, 11) is 0. The number of aliphatic hydroxyl groups excluding tert-OH is 1. The molecule has 0 spiro atoms. The van der Waals surface area contributed by atoms with Crippen LogP contribution in [0.2, 0.25) is 5.02 Å². The number of hydrogen-bond donors (Lipinski definition) is 2. The van der Waals surface area contributed by atoms with Gasteiger partial charge in [0.25, 0.3) is 5.69 Å². The minimum atomic E-state index is -0.537. The molecule has 0 heterocycles. The second kappa shape index (κ2) is 5.79. The molecule has 1 aromatic carbocycles. The maximum absolute atomic E-state index is 10.7. The Bertz CT molecular complexity index is 384. The van der Waals surface area contributed by atoms with Crippen LogP contribution in [0.4, 0.5) is 5.69 Å². The normalized spacial score (nSPS) is 12.4. The van der Waals surface area contributed by atoms with Crippen molar-refractivity contribution in [3.8, 4) is 0 Å². The zero-order valence-corrected chi connectivity index (χ0v) is 9.35. The van der Waals surface area contributed by atoms with E-state index in [0.29, 0.717) is 18.4 Å². The van der Waals surface area contributed by atoms with Crippen molar-refractivity contribution in [1.82, 2.24) is 0 Å². The van der Waals surface area contributed by atoms with E-state index >= 15 is 0 Å². The van der Waals surface area contributed by atoms with Crippen molar-refractivity contribution >= 4 is 17.3 Å². The van der Waals surface area contributed by atoms with Crippen LogP contribution < -0.4 is 5.73 Å². The maximum atomic E-state index is 10.7. The van der Waals surface area contributed by atoms with Crippen molar-refractivity contribution in [2.45, 2.75) is 18.9 Å². The van der Waals surface area contributed by atoms with Gasteiger partial charge in [0, 0.05) is 18.7 Å². The third-order valence-corrected chi connectivity index (χ3v) is 2.59. The SMILES string of the molecule is N[C@H](CCCO)c1ccc(Cl)c([N+](=O)[O-])c1. The first-order chi connectivity index (χ1) is 7.56. The van der Waals surface area contributed by atoms with E-state index in [1.165, 1.54) is 12.1 Å². The van der Waals surface area contributed by atoms with E-state index in [1.54, 1.807) is 6.07 Å². The van der Waals surface area contributed by atoms with Gasteiger partial charge < -0.3 is 10.8 Å². The molecule has 0 saturated heterocycles. The number of nitrogens with two attached hydrogens (primary N) is 1. The molecule has 1 rings (SSSR count). The van der Waals surface area contributed by atoms with Crippen molar-refractivity contribution in [2.75, 3.05) is 6.61 Å². The molecule has 0 fully saturated rings. The van der Waals surface area contributed by atoms with E-state index in [2.05, 4.69) is 0 Å². The lowest BCUT2D eigenvalue weighted by atomic mass is 10.0. The second-order valence-electron chi connectivity index (χ2n) is 3.44. The molecule has 0 radical (unpaired) electrons. The molecule has 0 aliphatic carbocycles. The molecule has 1 atom stereocenters. The average molecular weight is 245 g/mol. The second-order valence-corrected chi connectivity index (χ2v) is 3.85. The Kier molecular flexibility index (Phi) is 4.67. The summed E-state index contributed by atoms with van der Waals surface area (Å²) in [5.74, 6) is 0. The summed E-state index contributed by atoms with van der Waals surface area (Å²) in [6.07, 6.45) is 1.15. The molecule has 0 unspecified atom stereocenters. The largest absolute Gasteiger partial charge is 0.396 e. The number of hydrogen-bond acceptors (Lipinski definition) is 4. The van der Waals surface area contributed by atoms with Crippen LogP contribution in [0.25, 0.3) is 0 Å². The molecule has 3 N–H and O–H groups in total. The fourth-order valence-electron chi connectivity index (χ4n) is 1.38. The summed E-state index contributed by atoms with van der Waals surface area (Å²) in [5, 5.41) is 19.4. The summed E-state index contributed by atoms with van der Waals surface area (Å²) in [4.78, 5) is 10.1. The molecule has 5 nitrogen and oxygen atoms in total. The first-order valence-corrected chi connectivity index (χ1v) is 5.24. The van der Waals surface area contributed by atoms with Crippen molar-refractivity contribution in [3.63, 3.8) is 0 Å². The molecule has 1 aromatic rings. The zero-order valence-electron chi connectivity index (χ0n) is 8.60. The van der Waals surface area contributed by atoms with Gasteiger partial charge in [-0.25, -0.2) is 0 Å². The Labute approximate surface area is 98.0 Å². The number of rotatable bonds is 5. The van der Waals surface area contributed by atoms with Crippen molar-refractivity contribution in [1.29, 1.82) is 0 Å². The number of aliphatic hydroxyl groups is 1. The van der Waals surface area contributed by atoms with Gasteiger partial charge in [0.2, 0.25) is 0 Å². The molecule has 0 amide bonds. The van der Waals surface area contributed by atoms with Crippen LogP contribution in [-0.2, 0) is 0 Å². The van der Waals surface area contributed by atoms with Crippen LogP contribution in [0.5, 0.6) is 0 Å². The first kappa shape index (κ1) is 12.9. The van der Waals surface area contributed by atoms with Gasteiger partial charge in [0.1, 0.15) is 5.02 Å². The van der Waals surface area contributed by atoms with E-state index in [-0.39, 0.29) is 23.4 Å². The van der Waals surface area contributed by atoms with Gasteiger partial charge in [-0.3, -0.25) is 10.1 Å². The maximum Gasteiger partial charge on any atom is 0.288 e. The predicted molar refractivity (Wildman–Crippen MR) is 61.4 cm³/mol. The Morgan fingerprint density at radius 3 is 2.81 bits per heavy atom. The molecule has 6 heteroatoms. The fourth-order valence-corrected chi connectivity index (χ4v) is 1.56. The number of halogens is 1. The Balaban J connectivity index is 2.89. The lowest BCUT2D eigenvalue weighted by Gasteiger charge is -2.11. The highest BCUT2D eigenvalue weighted by Gasteiger charge is 2.15. The molecular weight excluding hydrogens is 232 g/mol. The van der Waals surface area contributed by atoms with Gasteiger partial charge in [-0.2, -0.15) is 0 Å². The van der Waals surface area contributed by atoms with Gasteiger partial charge in [-0.05, 0) is 24.5 Å². The van der Waals surface area contributed by atoms with Crippen LogP contribution in [0.1, 0.15) is 24.4 Å². The molecule has 16 heavy (non-hydrogen) atoms. The van der Waals surface area contributed by atoms with Gasteiger partial charge in [-0.1, -0.05) is 17.7 Å². The average Bonchev–Trinajstić information content (AvgIpc) is 2.26. The third-order valence-electron chi connectivity index (χ3n) is 2.27. The molecule has 0 aliphatic rings. The van der Waals surface area contributed by atoms with Gasteiger partial charge >= 0.3 is 0 Å². The van der Waals surface area contributed by atoms with Crippen LogP contribution in [0, 0.1) is 10.1 Å². The van der Waals surface area contributed by atoms with Gasteiger partial charge in [-0.15, -0.1) is 0 Å². The van der Waals surface area contributed by atoms with E-state index < -0.39 is 4.92 Å². The van der Waals surface area contributed by atoms with Crippen molar-refractivity contribution < 1.29 is 10.0 Å². The monoisotopic (exact) mass is 244 g/mol. The molecule has 0 aromatic heterocycles. The van der Waals surface area contributed by atoms with E-state index in [1.807, 2.05) is 0 Å².